The van der Waals surface area contributed by atoms with Gasteiger partial charge in [0.15, 0.2) is 0 Å². The van der Waals surface area contributed by atoms with Gasteiger partial charge in [0.25, 0.3) is 0 Å². The van der Waals surface area contributed by atoms with Crippen molar-refractivity contribution in [2.24, 2.45) is 5.73 Å². The fraction of sp³-hybridized carbons (Fsp3) is 0.917. The molecule has 0 aliphatic carbocycles. The standard InChI is InChI=1S/C12H24N2O3/c1-3-16-12(15)11-5-4-6-14(11)7-8-17-10(2)9-13/h10-11H,3-9,13H2,1-2H3. The molecule has 1 aliphatic rings. The number of carbonyl (C=O) groups is 1. The van der Waals surface area contributed by atoms with Crippen LogP contribution in [0.1, 0.15) is 26.7 Å². The molecule has 0 bridgehead atoms. The highest BCUT2D eigenvalue weighted by Gasteiger charge is 2.31. The Morgan fingerprint density at radius 2 is 2.35 bits per heavy atom. The zero-order chi connectivity index (χ0) is 12.7. The molecule has 5 nitrogen and oxygen atoms in total. The van der Waals surface area contributed by atoms with Crippen LogP contribution in [0.25, 0.3) is 0 Å². The summed E-state index contributed by atoms with van der Waals surface area (Å²) in [4.78, 5) is 13.8. The number of nitrogens with zero attached hydrogens (tertiary/aromatic N) is 1. The molecule has 1 aliphatic heterocycles. The van der Waals surface area contributed by atoms with Crippen molar-refractivity contribution in [2.45, 2.75) is 38.8 Å². The van der Waals surface area contributed by atoms with Crippen LogP contribution in [0.5, 0.6) is 0 Å². The third-order valence-corrected chi connectivity index (χ3v) is 3.04. The lowest BCUT2D eigenvalue weighted by atomic mass is 10.2. The molecule has 0 spiro atoms. The summed E-state index contributed by atoms with van der Waals surface area (Å²) in [6.07, 6.45) is 2.03. The summed E-state index contributed by atoms with van der Waals surface area (Å²) in [6.45, 7) is 7.10. The topological polar surface area (TPSA) is 64.8 Å². The minimum absolute atomic E-state index is 0.0771. The maximum absolute atomic E-state index is 11.7. The van der Waals surface area contributed by atoms with E-state index in [1.54, 1.807) is 0 Å². The molecule has 1 rings (SSSR count). The van der Waals surface area contributed by atoms with E-state index < -0.39 is 0 Å². The van der Waals surface area contributed by atoms with Crippen LogP contribution in [0.15, 0.2) is 0 Å². The van der Waals surface area contributed by atoms with E-state index in [1.807, 2.05) is 13.8 Å². The number of likely N-dealkylation sites (tertiary alicyclic amines) is 1. The van der Waals surface area contributed by atoms with Crippen LogP contribution >= 0.6 is 0 Å². The molecule has 5 heteroatoms. The van der Waals surface area contributed by atoms with Crippen LogP contribution in [0.3, 0.4) is 0 Å². The maximum Gasteiger partial charge on any atom is 0.323 e. The molecule has 0 aromatic carbocycles. The molecule has 0 aromatic rings. The molecule has 1 heterocycles. The van der Waals surface area contributed by atoms with Gasteiger partial charge in [0.2, 0.25) is 0 Å². The van der Waals surface area contributed by atoms with Crippen LogP contribution in [-0.4, -0.2) is 55.9 Å². The summed E-state index contributed by atoms with van der Waals surface area (Å²) in [5.41, 5.74) is 5.47. The zero-order valence-corrected chi connectivity index (χ0v) is 10.9. The molecule has 1 saturated heterocycles. The van der Waals surface area contributed by atoms with Gasteiger partial charge >= 0.3 is 5.97 Å². The SMILES string of the molecule is CCOC(=O)C1CCCN1CCOC(C)CN. The summed E-state index contributed by atoms with van der Waals surface area (Å²) in [5, 5.41) is 0. The second-order valence-electron chi connectivity index (χ2n) is 4.36. The Hall–Kier alpha value is -0.650. The minimum atomic E-state index is -0.100. The number of rotatable bonds is 7. The van der Waals surface area contributed by atoms with Gasteiger partial charge in [-0.1, -0.05) is 0 Å². The van der Waals surface area contributed by atoms with Gasteiger partial charge in [0.05, 0.1) is 19.3 Å². The maximum atomic E-state index is 11.7. The first-order valence-corrected chi connectivity index (χ1v) is 6.41. The zero-order valence-electron chi connectivity index (χ0n) is 10.9. The Morgan fingerprint density at radius 1 is 1.59 bits per heavy atom. The number of hydrogen-bond donors (Lipinski definition) is 1. The Labute approximate surface area is 103 Å². The summed E-state index contributed by atoms with van der Waals surface area (Å²) >= 11 is 0. The number of carbonyl (C=O) groups excluding carboxylic acids is 1. The van der Waals surface area contributed by atoms with Crippen molar-refractivity contribution < 1.29 is 14.3 Å². The number of hydrogen-bond acceptors (Lipinski definition) is 5. The van der Waals surface area contributed by atoms with Crippen molar-refractivity contribution >= 4 is 5.97 Å². The highest BCUT2D eigenvalue weighted by Crippen LogP contribution is 2.17. The van der Waals surface area contributed by atoms with Gasteiger partial charge in [-0.15, -0.1) is 0 Å². The third kappa shape index (κ3) is 4.61. The fourth-order valence-electron chi connectivity index (χ4n) is 2.04. The van der Waals surface area contributed by atoms with Crippen molar-refractivity contribution in [3.63, 3.8) is 0 Å². The number of esters is 1. The van der Waals surface area contributed by atoms with Crippen LogP contribution in [0, 0.1) is 0 Å². The van der Waals surface area contributed by atoms with Gasteiger partial charge in [-0.05, 0) is 33.2 Å². The van der Waals surface area contributed by atoms with E-state index in [-0.39, 0.29) is 18.1 Å². The Balaban J connectivity index is 2.29. The first-order valence-electron chi connectivity index (χ1n) is 6.41. The summed E-state index contributed by atoms with van der Waals surface area (Å²) in [7, 11) is 0. The van der Waals surface area contributed by atoms with Gasteiger partial charge in [-0.3, -0.25) is 9.69 Å². The van der Waals surface area contributed by atoms with E-state index in [1.165, 1.54) is 0 Å². The lowest BCUT2D eigenvalue weighted by Crippen LogP contribution is -2.39. The van der Waals surface area contributed by atoms with Crippen molar-refractivity contribution in [3.05, 3.63) is 0 Å². The summed E-state index contributed by atoms with van der Waals surface area (Å²) in [5.74, 6) is -0.100. The highest BCUT2D eigenvalue weighted by molar-refractivity contribution is 5.76. The van der Waals surface area contributed by atoms with E-state index >= 15 is 0 Å². The van der Waals surface area contributed by atoms with Gasteiger partial charge in [-0.25, -0.2) is 0 Å². The minimum Gasteiger partial charge on any atom is -0.465 e. The molecule has 0 amide bonds. The Bertz CT molecular complexity index is 236. The second kappa shape index (κ2) is 7.63. The molecule has 2 unspecified atom stereocenters. The van der Waals surface area contributed by atoms with Crippen LogP contribution in [0.4, 0.5) is 0 Å². The van der Waals surface area contributed by atoms with E-state index in [0.717, 1.165) is 25.9 Å². The number of nitrogens with two attached hydrogens (primary N) is 1. The van der Waals surface area contributed by atoms with Crippen LogP contribution in [-0.2, 0) is 14.3 Å². The average molecular weight is 244 g/mol. The van der Waals surface area contributed by atoms with E-state index in [2.05, 4.69) is 4.90 Å². The van der Waals surface area contributed by atoms with Gasteiger partial charge < -0.3 is 15.2 Å². The molecule has 2 atom stereocenters. The quantitative estimate of drug-likeness (QED) is 0.656. The normalized spacial score (nSPS) is 22.6. The van der Waals surface area contributed by atoms with Crippen molar-refractivity contribution in [1.82, 2.24) is 4.90 Å². The van der Waals surface area contributed by atoms with E-state index in [9.17, 15) is 4.79 Å². The molecule has 2 N–H and O–H groups in total. The predicted molar refractivity (Wildman–Crippen MR) is 65.7 cm³/mol. The first kappa shape index (κ1) is 14.4. The second-order valence-corrected chi connectivity index (χ2v) is 4.36. The van der Waals surface area contributed by atoms with Gasteiger partial charge in [-0.2, -0.15) is 0 Å². The smallest absolute Gasteiger partial charge is 0.323 e. The molecular formula is C12H24N2O3. The van der Waals surface area contributed by atoms with Crippen LogP contribution in [0.2, 0.25) is 0 Å². The molecule has 100 valence electrons. The van der Waals surface area contributed by atoms with Gasteiger partial charge in [0.1, 0.15) is 6.04 Å². The molecule has 0 aromatic heterocycles. The average Bonchev–Trinajstić information content (AvgIpc) is 2.77. The van der Waals surface area contributed by atoms with Crippen molar-refractivity contribution in [3.8, 4) is 0 Å². The molecule has 17 heavy (non-hydrogen) atoms. The van der Waals surface area contributed by atoms with E-state index in [0.29, 0.717) is 19.8 Å². The Morgan fingerprint density at radius 3 is 3.00 bits per heavy atom. The van der Waals surface area contributed by atoms with Gasteiger partial charge in [0, 0.05) is 13.1 Å². The third-order valence-electron chi connectivity index (χ3n) is 3.04. The molecule has 0 saturated carbocycles. The monoisotopic (exact) mass is 244 g/mol. The summed E-state index contributed by atoms with van der Waals surface area (Å²) < 4.78 is 10.6. The molecule has 0 radical (unpaired) electrons. The largest absolute Gasteiger partial charge is 0.465 e. The van der Waals surface area contributed by atoms with Crippen molar-refractivity contribution in [1.29, 1.82) is 0 Å². The highest BCUT2D eigenvalue weighted by atomic mass is 16.5. The van der Waals surface area contributed by atoms with E-state index in [4.69, 9.17) is 15.2 Å². The molecule has 1 fully saturated rings. The lowest BCUT2D eigenvalue weighted by molar-refractivity contribution is -0.148. The fourth-order valence-corrected chi connectivity index (χ4v) is 2.04. The summed E-state index contributed by atoms with van der Waals surface area (Å²) in [6, 6.07) is -0.0771. The van der Waals surface area contributed by atoms with Crippen LogP contribution < -0.4 is 5.73 Å². The van der Waals surface area contributed by atoms with Crippen molar-refractivity contribution in [2.75, 3.05) is 32.8 Å². The first-order chi connectivity index (χ1) is 8.19. The molecular weight excluding hydrogens is 220 g/mol. The number of ether oxygens (including phenoxy) is 2. The Kier molecular flexibility index (Phi) is 6.47. The predicted octanol–water partition coefficient (Wildman–Crippen LogP) is 0.378. The lowest BCUT2D eigenvalue weighted by Gasteiger charge is -2.23.